The summed E-state index contributed by atoms with van der Waals surface area (Å²) in [6.45, 7) is 0.325. The van der Waals surface area contributed by atoms with E-state index >= 15 is 0 Å². The van der Waals surface area contributed by atoms with E-state index < -0.39 is 9.85 Å². The molecule has 1 aliphatic carbocycles. The van der Waals surface area contributed by atoms with Gasteiger partial charge in [-0.25, -0.2) is 4.98 Å². The molecular weight excluding hydrogens is 380 g/mol. The van der Waals surface area contributed by atoms with Crippen LogP contribution in [0.15, 0.2) is 41.0 Å². The summed E-state index contributed by atoms with van der Waals surface area (Å²) in [5.41, 5.74) is 0.537. The molecule has 0 radical (unpaired) electrons. The largest absolute Gasteiger partial charge is 0.348 e. The Morgan fingerprint density at radius 2 is 1.92 bits per heavy atom. The van der Waals surface area contributed by atoms with E-state index in [1.807, 2.05) is 4.90 Å². The van der Waals surface area contributed by atoms with Crippen LogP contribution in [-0.4, -0.2) is 20.9 Å². The van der Waals surface area contributed by atoms with E-state index in [0.717, 1.165) is 12.8 Å². The number of aromatic nitrogens is 1. The van der Waals surface area contributed by atoms with E-state index in [1.54, 1.807) is 18.2 Å². The van der Waals surface area contributed by atoms with Gasteiger partial charge < -0.3 is 4.90 Å². The maximum atomic E-state index is 11.2. The molecule has 24 heavy (non-hydrogen) atoms. The molecule has 0 N–H and O–H groups in total. The molecule has 1 aromatic heterocycles. The molecule has 8 nitrogen and oxygen atoms in total. The minimum atomic E-state index is -0.509. The number of halogens is 1. The summed E-state index contributed by atoms with van der Waals surface area (Å²) in [6.07, 6.45) is 3.13. The lowest BCUT2D eigenvalue weighted by Crippen LogP contribution is -2.26. The average Bonchev–Trinajstić information content (AvgIpc) is 3.38. The van der Waals surface area contributed by atoms with Crippen LogP contribution in [0.2, 0.25) is 0 Å². The number of rotatable bonds is 6. The van der Waals surface area contributed by atoms with Gasteiger partial charge in [-0.15, -0.1) is 0 Å². The highest BCUT2D eigenvalue weighted by Crippen LogP contribution is 2.37. The van der Waals surface area contributed by atoms with E-state index in [-0.39, 0.29) is 17.4 Å². The zero-order valence-electron chi connectivity index (χ0n) is 12.5. The quantitative estimate of drug-likeness (QED) is 0.546. The van der Waals surface area contributed by atoms with Gasteiger partial charge in [0, 0.05) is 23.7 Å². The summed E-state index contributed by atoms with van der Waals surface area (Å²) in [7, 11) is 0. The van der Waals surface area contributed by atoms with Crippen molar-refractivity contribution in [3.05, 3.63) is 66.8 Å². The highest BCUT2D eigenvalue weighted by atomic mass is 79.9. The summed E-state index contributed by atoms with van der Waals surface area (Å²) < 4.78 is 0.502. The first-order valence-corrected chi connectivity index (χ1v) is 8.05. The van der Waals surface area contributed by atoms with Crippen LogP contribution in [-0.2, 0) is 6.54 Å². The molecule has 3 rings (SSSR count). The summed E-state index contributed by atoms with van der Waals surface area (Å²) in [5, 5.41) is 22.0. The first kappa shape index (κ1) is 16.3. The fourth-order valence-corrected chi connectivity index (χ4v) is 3.07. The summed E-state index contributed by atoms with van der Waals surface area (Å²) in [4.78, 5) is 27.3. The van der Waals surface area contributed by atoms with Crippen molar-refractivity contribution < 1.29 is 9.85 Å². The number of benzene rings is 1. The molecule has 1 fully saturated rings. The molecule has 0 amide bonds. The van der Waals surface area contributed by atoms with Crippen LogP contribution < -0.4 is 4.90 Å². The first-order chi connectivity index (χ1) is 11.5. The van der Waals surface area contributed by atoms with Crippen molar-refractivity contribution >= 4 is 33.1 Å². The summed E-state index contributed by atoms with van der Waals surface area (Å²) in [6, 6.07) is 8.20. The number of nitrogens with zero attached hydrogens (tertiary/aromatic N) is 4. The molecule has 1 saturated carbocycles. The molecule has 0 atom stereocenters. The third kappa shape index (κ3) is 3.35. The lowest BCUT2D eigenvalue weighted by atomic mass is 10.1. The molecule has 9 heteroatoms. The second kappa shape index (κ2) is 6.52. The smallest absolute Gasteiger partial charge is 0.288 e. The molecule has 0 aliphatic heterocycles. The molecule has 0 spiro atoms. The van der Waals surface area contributed by atoms with Crippen LogP contribution >= 0.6 is 15.9 Å². The molecule has 1 aromatic carbocycles. The Morgan fingerprint density at radius 1 is 1.21 bits per heavy atom. The van der Waals surface area contributed by atoms with Crippen molar-refractivity contribution in [2.45, 2.75) is 25.4 Å². The van der Waals surface area contributed by atoms with E-state index in [0.29, 0.717) is 22.4 Å². The van der Waals surface area contributed by atoms with Gasteiger partial charge >= 0.3 is 0 Å². The van der Waals surface area contributed by atoms with Crippen LogP contribution in [0.1, 0.15) is 18.4 Å². The molecule has 1 aliphatic rings. The van der Waals surface area contributed by atoms with Gasteiger partial charge in [-0.3, -0.25) is 20.2 Å². The van der Waals surface area contributed by atoms with Crippen molar-refractivity contribution in [1.29, 1.82) is 0 Å². The van der Waals surface area contributed by atoms with Crippen LogP contribution in [0.3, 0.4) is 0 Å². The number of hydrogen-bond acceptors (Lipinski definition) is 6. The Balaban J connectivity index is 1.95. The fraction of sp³-hybridized carbons (Fsp3) is 0.267. The Labute approximate surface area is 145 Å². The molecule has 0 unspecified atom stereocenters. The minimum Gasteiger partial charge on any atom is -0.348 e. The van der Waals surface area contributed by atoms with Gasteiger partial charge in [-0.05, 0) is 28.8 Å². The van der Waals surface area contributed by atoms with Crippen molar-refractivity contribution in [1.82, 2.24) is 4.98 Å². The fourth-order valence-electron chi connectivity index (χ4n) is 2.50. The van der Waals surface area contributed by atoms with Crippen LogP contribution in [0.4, 0.5) is 17.2 Å². The number of hydrogen-bond donors (Lipinski definition) is 0. The Bertz CT molecular complexity index is 810. The van der Waals surface area contributed by atoms with E-state index in [2.05, 4.69) is 20.9 Å². The number of pyridine rings is 1. The first-order valence-electron chi connectivity index (χ1n) is 7.26. The topological polar surface area (TPSA) is 102 Å². The third-order valence-electron chi connectivity index (χ3n) is 3.81. The molecule has 1 heterocycles. The summed E-state index contributed by atoms with van der Waals surface area (Å²) in [5.74, 6) is 0.557. The van der Waals surface area contributed by atoms with Gasteiger partial charge in [0.1, 0.15) is 12.0 Å². The van der Waals surface area contributed by atoms with Crippen molar-refractivity contribution in [2.75, 3.05) is 4.90 Å². The highest BCUT2D eigenvalue weighted by Gasteiger charge is 2.33. The Morgan fingerprint density at radius 3 is 2.50 bits per heavy atom. The SMILES string of the molecule is O=[N+]([O-])c1cnc(N(Cc2ccccc2[N+](=O)[O-])C2CC2)c(Br)c1. The summed E-state index contributed by atoms with van der Waals surface area (Å²) >= 11 is 3.33. The average molecular weight is 393 g/mol. The molecule has 2 aromatic rings. The van der Waals surface area contributed by atoms with Gasteiger partial charge in [0.25, 0.3) is 11.4 Å². The van der Waals surface area contributed by atoms with Gasteiger partial charge in [0.2, 0.25) is 0 Å². The predicted molar refractivity (Wildman–Crippen MR) is 90.9 cm³/mol. The lowest BCUT2D eigenvalue weighted by molar-refractivity contribution is -0.385. The highest BCUT2D eigenvalue weighted by molar-refractivity contribution is 9.10. The number of nitro groups is 2. The van der Waals surface area contributed by atoms with Crippen molar-refractivity contribution in [2.24, 2.45) is 0 Å². The zero-order valence-corrected chi connectivity index (χ0v) is 14.0. The lowest BCUT2D eigenvalue weighted by Gasteiger charge is -2.24. The molecule has 124 valence electrons. The molecular formula is C15H13BrN4O4. The number of anilines is 1. The van der Waals surface area contributed by atoms with Crippen LogP contribution in [0.5, 0.6) is 0 Å². The van der Waals surface area contributed by atoms with Crippen molar-refractivity contribution in [3.8, 4) is 0 Å². The van der Waals surface area contributed by atoms with Crippen LogP contribution in [0, 0.1) is 20.2 Å². The minimum absolute atomic E-state index is 0.0567. The molecule has 0 bridgehead atoms. The van der Waals surface area contributed by atoms with E-state index in [1.165, 1.54) is 18.3 Å². The zero-order chi connectivity index (χ0) is 17.3. The van der Waals surface area contributed by atoms with Crippen molar-refractivity contribution in [3.63, 3.8) is 0 Å². The van der Waals surface area contributed by atoms with Crippen LogP contribution in [0.25, 0.3) is 0 Å². The number of para-hydroxylation sites is 1. The maximum Gasteiger partial charge on any atom is 0.288 e. The van der Waals surface area contributed by atoms with E-state index in [4.69, 9.17) is 0 Å². The Hall–Kier alpha value is -2.55. The normalized spacial score (nSPS) is 13.5. The van der Waals surface area contributed by atoms with Gasteiger partial charge in [0.15, 0.2) is 0 Å². The van der Waals surface area contributed by atoms with Gasteiger partial charge in [-0.2, -0.15) is 0 Å². The second-order valence-corrected chi connectivity index (χ2v) is 6.36. The van der Waals surface area contributed by atoms with Gasteiger partial charge in [-0.1, -0.05) is 18.2 Å². The Kier molecular flexibility index (Phi) is 4.43. The van der Waals surface area contributed by atoms with E-state index in [9.17, 15) is 20.2 Å². The third-order valence-corrected chi connectivity index (χ3v) is 4.39. The molecule has 0 saturated heterocycles. The van der Waals surface area contributed by atoms with Gasteiger partial charge in [0.05, 0.1) is 20.9 Å². The second-order valence-electron chi connectivity index (χ2n) is 5.50. The number of nitro benzene ring substituents is 1. The predicted octanol–water partition coefficient (Wildman–Crippen LogP) is 3.83. The monoisotopic (exact) mass is 392 g/mol. The standard InChI is InChI=1S/C15H13BrN4O4/c16-13-7-12(19(21)22)8-17-15(13)18(11-5-6-11)9-10-3-1-2-4-14(10)20(23)24/h1-4,7-8,11H,5-6,9H2. The maximum absolute atomic E-state index is 11.2.